The molecule has 4 heterocycles. The lowest BCUT2D eigenvalue weighted by Crippen LogP contribution is -2.22. The molecule has 0 amide bonds. The van der Waals surface area contributed by atoms with E-state index in [-0.39, 0.29) is 6.10 Å². The lowest BCUT2D eigenvalue weighted by Gasteiger charge is -2.11. The first-order chi connectivity index (χ1) is 12.1. The predicted octanol–water partition coefficient (Wildman–Crippen LogP) is 1.40. The van der Waals surface area contributed by atoms with E-state index in [4.69, 9.17) is 9.72 Å². The van der Waals surface area contributed by atoms with Crippen LogP contribution in [-0.4, -0.2) is 58.8 Å². The summed E-state index contributed by atoms with van der Waals surface area (Å²) in [6.07, 6.45) is 3.97. The van der Waals surface area contributed by atoms with E-state index < -0.39 is 0 Å². The van der Waals surface area contributed by atoms with Gasteiger partial charge in [-0.25, -0.2) is 9.97 Å². The van der Waals surface area contributed by atoms with Crippen LogP contribution >= 0.6 is 0 Å². The molecule has 0 unspecified atom stereocenters. The average Bonchev–Trinajstić information content (AvgIpc) is 3.27. The number of hydrogen-bond acceptors (Lipinski definition) is 7. The van der Waals surface area contributed by atoms with E-state index in [2.05, 4.69) is 22.0 Å². The summed E-state index contributed by atoms with van der Waals surface area (Å²) in [7, 11) is 1.93. The number of fused-ring (bicyclic) bond motifs is 1. The molecular formula is C16H21N7O2. The van der Waals surface area contributed by atoms with Crippen LogP contribution in [0.5, 0.6) is 5.88 Å². The van der Waals surface area contributed by atoms with E-state index in [1.807, 2.05) is 29.4 Å². The SMILES string of the molecule is CCn1ncc(-c2nc3c(O[C@H]4CCN(O)C4)ncnc3n2C)c1C. The molecule has 1 aliphatic rings. The smallest absolute Gasteiger partial charge is 0.245 e. The molecule has 1 atom stereocenters. The van der Waals surface area contributed by atoms with Gasteiger partial charge in [-0.2, -0.15) is 15.1 Å². The quantitative estimate of drug-likeness (QED) is 0.765. The van der Waals surface area contributed by atoms with Crippen LogP contribution in [0.15, 0.2) is 12.5 Å². The largest absolute Gasteiger partial charge is 0.471 e. The second-order valence-electron chi connectivity index (χ2n) is 6.25. The molecule has 9 heteroatoms. The molecule has 0 spiro atoms. The third kappa shape index (κ3) is 2.65. The van der Waals surface area contributed by atoms with Gasteiger partial charge in [-0.05, 0) is 13.8 Å². The van der Waals surface area contributed by atoms with Gasteiger partial charge in [-0.15, -0.1) is 0 Å². The fourth-order valence-electron chi connectivity index (χ4n) is 3.26. The maximum absolute atomic E-state index is 9.54. The van der Waals surface area contributed by atoms with Crippen LogP contribution in [0.1, 0.15) is 19.0 Å². The van der Waals surface area contributed by atoms with Crippen LogP contribution in [0.3, 0.4) is 0 Å². The van der Waals surface area contributed by atoms with Gasteiger partial charge in [0.05, 0.1) is 18.3 Å². The maximum Gasteiger partial charge on any atom is 0.245 e. The minimum Gasteiger partial charge on any atom is -0.471 e. The van der Waals surface area contributed by atoms with Crippen molar-refractivity contribution in [2.45, 2.75) is 32.9 Å². The molecule has 0 saturated carbocycles. The Hall–Kier alpha value is -2.52. The summed E-state index contributed by atoms with van der Waals surface area (Å²) in [5.74, 6) is 1.24. The van der Waals surface area contributed by atoms with Crippen molar-refractivity contribution >= 4 is 11.2 Å². The van der Waals surface area contributed by atoms with E-state index in [1.54, 1.807) is 0 Å². The molecule has 1 saturated heterocycles. The number of ether oxygens (including phenoxy) is 1. The van der Waals surface area contributed by atoms with E-state index in [9.17, 15) is 5.21 Å². The highest BCUT2D eigenvalue weighted by Gasteiger charge is 2.25. The molecule has 3 aromatic rings. The molecule has 9 nitrogen and oxygen atoms in total. The molecule has 25 heavy (non-hydrogen) atoms. The Kier molecular flexibility index (Phi) is 3.89. The number of aryl methyl sites for hydroxylation is 2. The minimum absolute atomic E-state index is 0.0990. The second kappa shape index (κ2) is 6.08. The number of aromatic nitrogens is 6. The number of hydrogen-bond donors (Lipinski definition) is 1. The van der Waals surface area contributed by atoms with Gasteiger partial charge < -0.3 is 14.5 Å². The fraction of sp³-hybridized carbons (Fsp3) is 0.500. The van der Waals surface area contributed by atoms with E-state index in [0.717, 1.165) is 30.0 Å². The first-order valence-corrected chi connectivity index (χ1v) is 8.39. The van der Waals surface area contributed by atoms with E-state index in [0.29, 0.717) is 30.1 Å². The molecule has 1 fully saturated rings. The van der Waals surface area contributed by atoms with E-state index >= 15 is 0 Å². The van der Waals surface area contributed by atoms with Crippen LogP contribution in [0.4, 0.5) is 0 Å². The van der Waals surface area contributed by atoms with Crippen molar-refractivity contribution in [3.05, 3.63) is 18.2 Å². The number of hydroxylamine groups is 2. The highest BCUT2D eigenvalue weighted by atomic mass is 16.5. The zero-order valence-electron chi connectivity index (χ0n) is 14.5. The summed E-state index contributed by atoms with van der Waals surface area (Å²) in [4.78, 5) is 13.3. The summed E-state index contributed by atoms with van der Waals surface area (Å²) >= 11 is 0. The third-order valence-corrected chi connectivity index (χ3v) is 4.67. The first kappa shape index (κ1) is 16.0. The number of rotatable bonds is 4. The molecule has 1 N–H and O–H groups in total. The predicted molar refractivity (Wildman–Crippen MR) is 90.3 cm³/mol. The summed E-state index contributed by atoms with van der Waals surface area (Å²) in [5, 5.41) is 15.2. The van der Waals surface area contributed by atoms with Crippen molar-refractivity contribution in [1.29, 1.82) is 0 Å². The van der Waals surface area contributed by atoms with Gasteiger partial charge >= 0.3 is 0 Å². The fourth-order valence-corrected chi connectivity index (χ4v) is 3.26. The van der Waals surface area contributed by atoms with Crippen molar-refractivity contribution in [1.82, 2.24) is 34.4 Å². The van der Waals surface area contributed by atoms with Crippen LogP contribution < -0.4 is 4.74 Å². The van der Waals surface area contributed by atoms with Crippen LogP contribution in [0.2, 0.25) is 0 Å². The van der Waals surface area contributed by atoms with E-state index in [1.165, 1.54) is 11.4 Å². The highest BCUT2D eigenvalue weighted by Crippen LogP contribution is 2.29. The third-order valence-electron chi connectivity index (χ3n) is 4.67. The lowest BCUT2D eigenvalue weighted by molar-refractivity contribution is -0.0746. The van der Waals surface area contributed by atoms with Crippen molar-refractivity contribution in [2.75, 3.05) is 13.1 Å². The molecule has 132 valence electrons. The Morgan fingerprint density at radius 3 is 2.88 bits per heavy atom. The first-order valence-electron chi connectivity index (χ1n) is 8.39. The zero-order chi connectivity index (χ0) is 17.6. The summed E-state index contributed by atoms with van der Waals surface area (Å²) in [6.45, 7) is 5.96. The number of nitrogens with zero attached hydrogens (tertiary/aromatic N) is 7. The monoisotopic (exact) mass is 343 g/mol. The Morgan fingerprint density at radius 1 is 1.36 bits per heavy atom. The zero-order valence-corrected chi connectivity index (χ0v) is 14.5. The maximum atomic E-state index is 9.54. The van der Waals surface area contributed by atoms with Gasteiger partial charge in [-0.3, -0.25) is 4.68 Å². The average molecular weight is 343 g/mol. The Morgan fingerprint density at radius 2 is 2.20 bits per heavy atom. The van der Waals surface area contributed by atoms with Gasteiger partial charge in [0.1, 0.15) is 18.3 Å². The van der Waals surface area contributed by atoms with Crippen molar-refractivity contribution in [3.63, 3.8) is 0 Å². The van der Waals surface area contributed by atoms with Crippen molar-refractivity contribution < 1.29 is 9.94 Å². The van der Waals surface area contributed by atoms with Crippen LogP contribution in [0, 0.1) is 6.92 Å². The molecule has 0 aromatic carbocycles. The van der Waals surface area contributed by atoms with Gasteiger partial charge in [0.25, 0.3) is 0 Å². The molecule has 0 bridgehead atoms. The standard InChI is InChI=1S/C16H21N7O2/c1-4-23-10(2)12(7-19-23)14-20-13-15(21(14)3)17-9-18-16(13)25-11-5-6-22(24)8-11/h7,9,11,24H,4-6,8H2,1-3H3/t11-/m0/s1. The second-order valence-corrected chi connectivity index (χ2v) is 6.25. The van der Waals surface area contributed by atoms with Crippen LogP contribution in [-0.2, 0) is 13.6 Å². The summed E-state index contributed by atoms with van der Waals surface area (Å²) in [6, 6.07) is 0. The molecule has 4 rings (SSSR count). The van der Waals surface area contributed by atoms with Crippen LogP contribution in [0.25, 0.3) is 22.6 Å². The van der Waals surface area contributed by atoms with Gasteiger partial charge in [-0.1, -0.05) is 0 Å². The Labute approximate surface area is 144 Å². The molecule has 1 aliphatic heterocycles. The number of imidazole rings is 1. The van der Waals surface area contributed by atoms with Crippen molar-refractivity contribution in [2.24, 2.45) is 7.05 Å². The minimum atomic E-state index is -0.0990. The lowest BCUT2D eigenvalue weighted by atomic mass is 10.2. The summed E-state index contributed by atoms with van der Waals surface area (Å²) < 4.78 is 9.84. The molecule has 3 aromatic heterocycles. The Bertz CT molecular complexity index is 917. The summed E-state index contributed by atoms with van der Waals surface area (Å²) in [5.41, 5.74) is 3.36. The molecule has 0 aliphatic carbocycles. The molecular weight excluding hydrogens is 322 g/mol. The Balaban J connectivity index is 1.76. The van der Waals surface area contributed by atoms with Crippen molar-refractivity contribution in [3.8, 4) is 17.3 Å². The normalized spacial score (nSPS) is 18.3. The van der Waals surface area contributed by atoms with Gasteiger partial charge in [0.2, 0.25) is 5.88 Å². The van der Waals surface area contributed by atoms with Gasteiger partial charge in [0.15, 0.2) is 11.2 Å². The highest BCUT2D eigenvalue weighted by molar-refractivity contribution is 5.81. The van der Waals surface area contributed by atoms with Gasteiger partial charge in [0, 0.05) is 32.3 Å². The topological polar surface area (TPSA) is 94.1 Å². The molecule has 0 radical (unpaired) electrons.